The minimum Gasteiger partial charge on any atom is -0.486 e. The average molecular weight is 421 g/mol. The number of halogens is 1. The molecule has 0 bridgehead atoms. The molecule has 1 saturated heterocycles. The number of ether oxygens (including phenoxy) is 2. The van der Waals surface area contributed by atoms with Gasteiger partial charge in [0.15, 0.2) is 11.8 Å². The maximum absolute atomic E-state index is 12.9. The number of thiazole rings is 1. The van der Waals surface area contributed by atoms with Gasteiger partial charge in [-0.2, -0.15) is 0 Å². The second-order valence-electron chi connectivity index (χ2n) is 7.01. The van der Waals surface area contributed by atoms with Crippen molar-refractivity contribution in [2.45, 2.75) is 58.3 Å². The van der Waals surface area contributed by atoms with E-state index < -0.39 is 12.1 Å². The number of esters is 1. The lowest BCUT2D eigenvalue weighted by Crippen LogP contribution is -2.48. The molecule has 2 heterocycles. The minimum atomic E-state index is -0.852. The molecule has 1 fully saturated rings. The Kier molecular flexibility index (Phi) is 7.19. The first-order valence-electron chi connectivity index (χ1n) is 9.82. The number of piperidine rings is 1. The summed E-state index contributed by atoms with van der Waals surface area (Å²) < 4.78 is 23.8. The first kappa shape index (κ1) is 21.2. The summed E-state index contributed by atoms with van der Waals surface area (Å²) in [5, 5.41) is 2.17. The van der Waals surface area contributed by atoms with Crippen LogP contribution in [0.2, 0.25) is 0 Å². The zero-order valence-electron chi connectivity index (χ0n) is 16.6. The van der Waals surface area contributed by atoms with Gasteiger partial charge < -0.3 is 14.4 Å². The Morgan fingerprint density at radius 1 is 1.31 bits per heavy atom. The lowest BCUT2D eigenvalue weighted by Gasteiger charge is -2.36. The summed E-state index contributed by atoms with van der Waals surface area (Å²) in [5.74, 6) is -0.604. The summed E-state index contributed by atoms with van der Waals surface area (Å²) in [4.78, 5) is 31.2. The van der Waals surface area contributed by atoms with Crippen molar-refractivity contribution in [1.82, 2.24) is 9.88 Å². The second kappa shape index (κ2) is 9.82. The van der Waals surface area contributed by atoms with E-state index in [9.17, 15) is 14.0 Å². The quantitative estimate of drug-likeness (QED) is 0.628. The fourth-order valence-electron chi connectivity index (χ4n) is 3.37. The van der Waals surface area contributed by atoms with E-state index in [1.807, 2.05) is 4.90 Å². The number of hydrogen-bond acceptors (Lipinski definition) is 6. The molecule has 1 aliphatic rings. The molecule has 29 heavy (non-hydrogen) atoms. The predicted molar refractivity (Wildman–Crippen MR) is 107 cm³/mol. The molecular weight excluding hydrogens is 395 g/mol. The van der Waals surface area contributed by atoms with E-state index in [0.29, 0.717) is 17.3 Å². The molecule has 0 radical (unpaired) electrons. The van der Waals surface area contributed by atoms with Crippen molar-refractivity contribution in [1.29, 1.82) is 0 Å². The molecule has 2 aromatic rings. The highest BCUT2D eigenvalue weighted by atomic mass is 32.1. The molecule has 2 atom stereocenters. The molecular formula is C21H25FN2O4S. The molecule has 1 aromatic heterocycles. The minimum absolute atomic E-state index is 0.151. The van der Waals surface area contributed by atoms with Crippen molar-refractivity contribution >= 4 is 23.2 Å². The molecule has 6 nitrogen and oxygen atoms in total. The van der Waals surface area contributed by atoms with Crippen molar-refractivity contribution in [2.75, 3.05) is 6.54 Å². The van der Waals surface area contributed by atoms with Gasteiger partial charge in [-0.05, 0) is 56.9 Å². The van der Waals surface area contributed by atoms with Crippen LogP contribution in [-0.4, -0.2) is 40.5 Å². The fraction of sp³-hybridized carbons (Fsp3) is 0.476. The number of hydrogen-bond donors (Lipinski definition) is 0. The number of amides is 1. The van der Waals surface area contributed by atoms with E-state index in [4.69, 9.17) is 9.47 Å². The number of likely N-dealkylation sites (tertiary alicyclic amines) is 1. The molecule has 0 aliphatic carbocycles. The first-order valence-corrected chi connectivity index (χ1v) is 10.7. The van der Waals surface area contributed by atoms with Crippen molar-refractivity contribution in [3.63, 3.8) is 0 Å². The first-order chi connectivity index (χ1) is 14.0. The number of rotatable bonds is 7. The number of carbonyl (C=O) groups excluding carboxylic acids is 2. The summed E-state index contributed by atoms with van der Waals surface area (Å²) in [6, 6.07) is 5.88. The van der Waals surface area contributed by atoms with Gasteiger partial charge >= 0.3 is 5.97 Å². The Labute approximate surface area is 173 Å². The lowest BCUT2D eigenvalue weighted by atomic mass is 9.99. The molecule has 0 N–H and O–H groups in total. The summed E-state index contributed by atoms with van der Waals surface area (Å²) in [6.07, 6.45) is 3.14. The molecule has 1 aliphatic heterocycles. The molecule has 0 unspecified atom stereocenters. The topological polar surface area (TPSA) is 68.7 Å². The van der Waals surface area contributed by atoms with E-state index in [0.717, 1.165) is 25.7 Å². The number of benzene rings is 1. The fourth-order valence-corrected chi connectivity index (χ4v) is 4.04. The van der Waals surface area contributed by atoms with Gasteiger partial charge in [0.05, 0.1) is 0 Å². The van der Waals surface area contributed by atoms with Crippen molar-refractivity contribution in [3.05, 3.63) is 46.2 Å². The van der Waals surface area contributed by atoms with Gasteiger partial charge in [-0.1, -0.05) is 6.92 Å². The Bertz CT molecular complexity index is 839. The van der Waals surface area contributed by atoms with Crippen LogP contribution in [0, 0.1) is 5.82 Å². The third-order valence-electron chi connectivity index (χ3n) is 4.95. The molecule has 0 saturated carbocycles. The molecule has 0 spiro atoms. The number of nitrogens with zero attached hydrogens (tertiary/aromatic N) is 2. The van der Waals surface area contributed by atoms with E-state index in [-0.39, 0.29) is 30.1 Å². The molecule has 1 aromatic carbocycles. The van der Waals surface area contributed by atoms with E-state index in [1.165, 1.54) is 35.6 Å². The highest BCUT2D eigenvalue weighted by Crippen LogP contribution is 2.21. The third kappa shape index (κ3) is 5.53. The highest BCUT2D eigenvalue weighted by Gasteiger charge is 2.31. The van der Waals surface area contributed by atoms with Crippen LogP contribution in [0.25, 0.3) is 0 Å². The molecule has 3 rings (SSSR count). The third-order valence-corrected chi connectivity index (χ3v) is 5.77. The van der Waals surface area contributed by atoms with Gasteiger partial charge in [-0.3, -0.25) is 4.79 Å². The Hall–Kier alpha value is -2.48. The van der Waals surface area contributed by atoms with Crippen molar-refractivity contribution in [3.8, 4) is 5.75 Å². The SMILES string of the molecule is CC[C@H]1CCCCN1C(=O)[C@H](C)OC(=O)c1csc(COc2ccc(F)cc2)n1. The Balaban J connectivity index is 1.53. The molecule has 156 valence electrons. The van der Waals surface area contributed by atoms with Gasteiger partial charge in [0.1, 0.15) is 23.2 Å². The monoisotopic (exact) mass is 420 g/mol. The summed E-state index contributed by atoms with van der Waals surface area (Å²) in [7, 11) is 0. The largest absolute Gasteiger partial charge is 0.486 e. The van der Waals surface area contributed by atoms with Crippen molar-refractivity contribution < 1.29 is 23.5 Å². The summed E-state index contributed by atoms with van der Waals surface area (Å²) in [5.41, 5.74) is 0.151. The smallest absolute Gasteiger partial charge is 0.358 e. The van der Waals surface area contributed by atoms with Gasteiger partial charge in [0, 0.05) is 18.0 Å². The van der Waals surface area contributed by atoms with Gasteiger partial charge in [0.2, 0.25) is 0 Å². The van der Waals surface area contributed by atoms with Gasteiger partial charge in [0.25, 0.3) is 5.91 Å². The number of carbonyl (C=O) groups is 2. The van der Waals surface area contributed by atoms with Crippen LogP contribution in [0.5, 0.6) is 5.75 Å². The number of aromatic nitrogens is 1. The van der Waals surface area contributed by atoms with E-state index >= 15 is 0 Å². The van der Waals surface area contributed by atoms with E-state index in [2.05, 4.69) is 11.9 Å². The van der Waals surface area contributed by atoms with Crippen LogP contribution < -0.4 is 4.74 Å². The van der Waals surface area contributed by atoms with Crippen molar-refractivity contribution in [2.24, 2.45) is 0 Å². The molecule has 1 amide bonds. The Morgan fingerprint density at radius 2 is 2.07 bits per heavy atom. The van der Waals surface area contributed by atoms with Gasteiger partial charge in [-0.25, -0.2) is 14.2 Å². The van der Waals surface area contributed by atoms with Crippen LogP contribution in [-0.2, 0) is 16.1 Å². The highest BCUT2D eigenvalue weighted by molar-refractivity contribution is 7.09. The second-order valence-corrected chi connectivity index (χ2v) is 7.95. The van der Waals surface area contributed by atoms with Crippen LogP contribution in [0.15, 0.2) is 29.6 Å². The van der Waals surface area contributed by atoms with Crippen LogP contribution in [0.3, 0.4) is 0 Å². The maximum Gasteiger partial charge on any atom is 0.358 e. The predicted octanol–water partition coefficient (Wildman–Crippen LogP) is 4.20. The normalized spacial score (nSPS) is 17.6. The molecule has 8 heteroatoms. The zero-order chi connectivity index (χ0) is 20.8. The van der Waals surface area contributed by atoms with Gasteiger partial charge in [-0.15, -0.1) is 11.3 Å². The average Bonchev–Trinajstić information content (AvgIpc) is 3.22. The lowest BCUT2D eigenvalue weighted by molar-refractivity contribution is -0.143. The summed E-state index contributed by atoms with van der Waals surface area (Å²) >= 11 is 1.26. The maximum atomic E-state index is 12.9. The van der Waals surface area contributed by atoms with E-state index in [1.54, 1.807) is 12.3 Å². The zero-order valence-corrected chi connectivity index (χ0v) is 17.4. The Morgan fingerprint density at radius 3 is 2.79 bits per heavy atom. The van der Waals surface area contributed by atoms with Crippen LogP contribution in [0.4, 0.5) is 4.39 Å². The standard InChI is InChI=1S/C21H25FN2O4S/c1-3-16-6-4-5-11-24(16)20(25)14(2)28-21(26)18-13-29-19(23-18)12-27-17-9-7-15(22)8-10-17/h7-10,13-14,16H,3-6,11-12H2,1-2H3/t14-,16-/m0/s1. The summed E-state index contributed by atoms with van der Waals surface area (Å²) in [6.45, 7) is 4.54. The van der Waals surface area contributed by atoms with Crippen LogP contribution >= 0.6 is 11.3 Å². The van der Waals surface area contributed by atoms with Crippen LogP contribution in [0.1, 0.15) is 55.0 Å².